The molecule has 0 fully saturated rings. The van der Waals surface area contributed by atoms with Crippen molar-refractivity contribution in [1.82, 2.24) is 5.32 Å². The highest BCUT2D eigenvalue weighted by molar-refractivity contribution is 6.18. The number of rotatable bonds is 5. The number of alkyl halides is 1. The zero-order valence-electron chi connectivity index (χ0n) is 9.96. The van der Waals surface area contributed by atoms with Crippen molar-refractivity contribution in [2.75, 3.05) is 24.8 Å². The third-order valence-electron chi connectivity index (χ3n) is 2.51. The molecule has 1 rings (SSSR count). The molecule has 1 atom stereocenters. The minimum Gasteiger partial charge on any atom is -0.390 e. The molecule has 0 bridgehead atoms. The lowest BCUT2D eigenvalue weighted by Gasteiger charge is -2.14. The van der Waals surface area contributed by atoms with Crippen molar-refractivity contribution in [3.05, 3.63) is 29.3 Å². The monoisotopic (exact) mass is 256 g/mol. The maximum absolute atomic E-state index is 11.6. The topological polar surface area (TPSA) is 61.4 Å². The summed E-state index contributed by atoms with van der Waals surface area (Å²) in [4.78, 5) is 11.6. The van der Waals surface area contributed by atoms with Gasteiger partial charge in [0.05, 0.1) is 12.0 Å². The first-order valence-electron chi connectivity index (χ1n) is 5.39. The summed E-state index contributed by atoms with van der Waals surface area (Å²) < 4.78 is 0. The summed E-state index contributed by atoms with van der Waals surface area (Å²) in [7, 11) is 1.60. The van der Waals surface area contributed by atoms with Crippen molar-refractivity contribution >= 4 is 23.2 Å². The second-order valence-electron chi connectivity index (χ2n) is 3.75. The van der Waals surface area contributed by atoms with E-state index < -0.39 is 6.10 Å². The predicted octanol–water partition coefficient (Wildman–Crippen LogP) is 1.37. The molecule has 0 aliphatic rings. The summed E-state index contributed by atoms with van der Waals surface area (Å²) in [6.07, 6.45) is -0.597. The Labute approximate surface area is 106 Å². The Morgan fingerprint density at radius 3 is 2.82 bits per heavy atom. The van der Waals surface area contributed by atoms with Crippen LogP contribution in [-0.4, -0.2) is 36.6 Å². The maximum Gasteiger partial charge on any atom is 0.251 e. The number of amides is 1. The Morgan fingerprint density at radius 1 is 1.53 bits per heavy atom. The van der Waals surface area contributed by atoms with E-state index >= 15 is 0 Å². The Morgan fingerprint density at radius 2 is 2.24 bits per heavy atom. The van der Waals surface area contributed by atoms with Crippen molar-refractivity contribution in [2.45, 2.75) is 13.0 Å². The number of carbonyl (C=O) groups is 1. The zero-order valence-corrected chi connectivity index (χ0v) is 10.7. The SMILES string of the molecule is CNC(=O)c1cccc(NCC(O)CCl)c1C. The number of anilines is 1. The fraction of sp³-hybridized carbons (Fsp3) is 0.417. The first kappa shape index (κ1) is 13.8. The molecule has 1 aromatic carbocycles. The summed E-state index contributed by atoms with van der Waals surface area (Å²) in [6, 6.07) is 5.42. The van der Waals surface area contributed by atoms with Crippen LogP contribution in [0.4, 0.5) is 5.69 Å². The summed E-state index contributed by atoms with van der Waals surface area (Å²) in [6.45, 7) is 2.22. The molecular formula is C12H17ClN2O2. The van der Waals surface area contributed by atoms with E-state index in [1.54, 1.807) is 19.2 Å². The van der Waals surface area contributed by atoms with Gasteiger partial charge >= 0.3 is 0 Å². The van der Waals surface area contributed by atoms with Crippen molar-refractivity contribution in [3.8, 4) is 0 Å². The predicted molar refractivity (Wildman–Crippen MR) is 69.8 cm³/mol. The third kappa shape index (κ3) is 3.61. The Hall–Kier alpha value is -1.26. The van der Waals surface area contributed by atoms with Crippen LogP contribution in [0, 0.1) is 6.92 Å². The molecular weight excluding hydrogens is 240 g/mol. The molecule has 94 valence electrons. The standard InChI is InChI=1S/C12H17ClN2O2/c1-8-10(12(17)14-2)4-3-5-11(8)15-7-9(16)6-13/h3-5,9,15-16H,6-7H2,1-2H3,(H,14,17). The van der Waals surface area contributed by atoms with E-state index in [4.69, 9.17) is 11.6 Å². The molecule has 1 aromatic rings. The maximum atomic E-state index is 11.6. The molecule has 0 radical (unpaired) electrons. The normalized spacial score (nSPS) is 12.0. The Kier molecular flexibility index (Phi) is 5.25. The average molecular weight is 257 g/mol. The van der Waals surface area contributed by atoms with Gasteiger partial charge in [0.1, 0.15) is 0 Å². The molecule has 5 heteroatoms. The number of benzene rings is 1. The first-order chi connectivity index (χ1) is 8.10. The average Bonchev–Trinajstić information content (AvgIpc) is 2.36. The lowest BCUT2D eigenvalue weighted by molar-refractivity contribution is 0.0962. The molecule has 4 nitrogen and oxygen atoms in total. The molecule has 0 saturated heterocycles. The van der Waals surface area contributed by atoms with Gasteiger partial charge in [-0.2, -0.15) is 0 Å². The Balaban J connectivity index is 2.83. The fourth-order valence-electron chi connectivity index (χ4n) is 1.49. The minimum absolute atomic E-state index is 0.121. The van der Waals surface area contributed by atoms with E-state index in [-0.39, 0.29) is 11.8 Å². The van der Waals surface area contributed by atoms with Gasteiger partial charge in [-0.15, -0.1) is 11.6 Å². The van der Waals surface area contributed by atoms with E-state index in [0.29, 0.717) is 12.1 Å². The number of halogens is 1. The molecule has 0 aliphatic heterocycles. The largest absolute Gasteiger partial charge is 0.390 e. The van der Waals surface area contributed by atoms with Crippen LogP contribution in [0.25, 0.3) is 0 Å². The number of nitrogens with one attached hydrogen (secondary N) is 2. The summed E-state index contributed by atoms with van der Waals surface area (Å²) >= 11 is 5.51. The van der Waals surface area contributed by atoms with Crippen molar-refractivity contribution < 1.29 is 9.90 Å². The molecule has 0 aromatic heterocycles. The lowest BCUT2D eigenvalue weighted by Crippen LogP contribution is -2.22. The van der Waals surface area contributed by atoms with E-state index in [1.165, 1.54) is 0 Å². The molecule has 0 saturated carbocycles. The summed E-state index contributed by atoms with van der Waals surface area (Å²) in [5, 5.41) is 15.0. The van der Waals surface area contributed by atoms with Gasteiger partial charge in [0.15, 0.2) is 0 Å². The van der Waals surface area contributed by atoms with Crippen molar-refractivity contribution in [2.24, 2.45) is 0 Å². The zero-order chi connectivity index (χ0) is 12.8. The van der Waals surface area contributed by atoms with Gasteiger partial charge in [-0.05, 0) is 24.6 Å². The molecule has 17 heavy (non-hydrogen) atoms. The number of aliphatic hydroxyl groups excluding tert-OH is 1. The van der Waals surface area contributed by atoms with Gasteiger partial charge in [0, 0.05) is 24.8 Å². The third-order valence-corrected chi connectivity index (χ3v) is 2.87. The van der Waals surface area contributed by atoms with Crippen LogP contribution in [0.15, 0.2) is 18.2 Å². The smallest absolute Gasteiger partial charge is 0.251 e. The quantitative estimate of drug-likeness (QED) is 0.698. The number of aliphatic hydroxyl groups is 1. The minimum atomic E-state index is -0.597. The molecule has 1 unspecified atom stereocenters. The van der Waals surface area contributed by atoms with Gasteiger partial charge in [0.2, 0.25) is 0 Å². The summed E-state index contributed by atoms with van der Waals surface area (Å²) in [5.41, 5.74) is 2.31. The van der Waals surface area contributed by atoms with Crippen LogP contribution < -0.4 is 10.6 Å². The number of hydrogen-bond acceptors (Lipinski definition) is 3. The molecule has 0 aliphatic carbocycles. The molecule has 3 N–H and O–H groups in total. The van der Waals surface area contributed by atoms with Crippen LogP contribution in [0.5, 0.6) is 0 Å². The van der Waals surface area contributed by atoms with Crippen LogP contribution in [0.2, 0.25) is 0 Å². The van der Waals surface area contributed by atoms with Crippen LogP contribution >= 0.6 is 11.6 Å². The molecule has 0 spiro atoms. The van der Waals surface area contributed by atoms with Crippen LogP contribution in [-0.2, 0) is 0 Å². The lowest BCUT2D eigenvalue weighted by atomic mass is 10.1. The van der Waals surface area contributed by atoms with E-state index in [9.17, 15) is 9.90 Å². The first-order valence-corrected chi connectivity index (χ1v) is 5.93. The molecule has 1 amide bonds. The van der Waals surface area contributed by atoms with Crippen molar-refractivity contribution in [3.63, 3.8) is 0 Å². The van der Waals surface area contributed by atoms with Crippen molar-refractivity contribution in [1.29, 1.82) is 0 Å². The van der Waals surface area contributed by atoms with Crippen LogP contribution in [0.3, 0.4) is 0 Å². The van der Waals surface area contributed by atoms with E-state index in [0.717, 1.165) is 11.3 Å². The van der Waals surface area contributed by atoms with Gasteiger partial charge in [-0.25, -0.2) is 0 Å². The van der Waals surface area contributed by atoms with E-state index in [1.807, 2.05) is 13.0 Å². The molecule has 0 heterocycles. The Bertz CT molecular complexity index is 396. The van der Waals surface area contributed by atoms with Gasteiger partial charge < -0.3 is 15.7 Å². The number of hydrogen-bond donors (Lipinski definition) is 3. The fourth-order valence-corrected chi connectivity index (χ4v) is 1.60. The van der Waals surface area contributed by atoms with Crippen LogP contribution in [0.1, 0.15) is 15.9 Å². The van der Waals surface area contributed by atoms with Gasteiger partial charge in [0.25, 0.3) is 5.91 Å². The second-order valence-corrected chi connectivity index (χ2v) is 4.05. The number of carbonyl (C=O) groups excluding carboxylic acids is 1. The highest BCUT2D eigenvalue weighted by Gasteiger charge is 2.10. The summed E-state index contributed by atoms with van der Waals surface area (Å²) in [5.74, 6) is 0.0605. The highest BCUT2D eigenvalue weighted by atomic mass is 35.5. The highest BCUT2D eigenvalue weighted by Crippen LogP contribution is 2.18. The second kappa shape index (κ2) is 6.47. The van der Waals surface area contributed by atoms with E-state index in [2.05, 4.69) is 10.6 Å². The van der Waals surface area contributed by atoms with Gasteiger partial charge in [-0.1, -0.05) is 6.07 Å². The van der Waals surface area contributed by atoms with Gasteiger partial charge in [-0.3, -0.25) is 4.79 Å².